The second-order valence-electron chi connectivity index (χ2n) is 5.81. The monoisotopic (exact) mass is 344 g/mol. The van der Waals surface area contributed by atoms with Crippen molar-refractivity contribution in [2.24, 2.45) is 5.92 Å². The highest BCUT2D eigenvalue weighted by Gasteiger charge is 2.28. The van der Waals surface area contributed by atoms with Crippen molar-refractivity contribution in [1.82, 2.24) is 9.55 Å². The van der Waals surface area contributed by atoms with Gasteiger partial charge in [-0.05, 0) is 30.9 Å². The first-order valence-electron chi connectivity index (χ1n) is 7.57. The number of nitrogens with zero attached hydrogens (tertiary/aromatic N) is 2. The van der Waals surface area contributed by atoms with Gasteiger partial charge in [0, 0.05) is 6.04 Å². The van der Waals surface area contributed by atoms with E-state index in [4.69, 9.17) is 34.8 Å². The highest BCUT2D eigenvalue weighted by Crippen LogP contribution is 2.40. The van der Waals surface area contributed by atoms with Gasteiger partial charge in [-0.3, -0.25) is 0 Å². The summed E-state index contributed by atoms with van der Waals surface area (Å²) in [5, 5.41) is 1.13. The summed E-state index contributed by atoms with van der Waals surface area (Å²) in [6.07, 6.45) is 6.25. The maximum absolute atomic E-state index is 6.22. The van der Waals surface area contributed by atoms with E-state index in [-0.39, 0.29) is 0 Å². The molecule has 0 spiro atoms. The first kappa shape index (κ1) is 15.5. The van der Waals surface area contributed by atoms with Crippen LogP contribution in [0.2, 0.25) is 10.0 Å². The maximum atomic E-state index is 6.22. The van der Waals surface area contributed by atoms with E-state index in [9.17, 15) is 0 Å². The molecule has 5 heteroatoms. The Hall–Kier alpha value is -0.440. The second-order valence-corrected chi connectivity index (χ2v) is 6.89. The molecule has 1 saturated carbocycles. The molecule has 1 heterocycles. The summed E-state index contributed by atoms with van der Waals surface area (Å²) in [4.78, 5) is 4.66. The standard InChI is InChI=1S/C16H19Cl3N2/c1-2-10-5-3-4-6-14(10)21-15-8-12(19)11(18)7-13(15)20-16(21)9-17/h7-8,10,14H,2-6,9H2,1H3. The number of imidazole rings is 1. The summed E-state index contributed by atoms with van der Waals surface area (Å²) >= 11 is 18.5. The van der Waals surface area contributed by atoms with Crippen LogP contribution in [-0.2, 0) is 5.88 Å². The number of aromatic nitrogens is 2. The fraction of sp³-hybridized carbons (Fsp3) is 0.562. The van der Waals surface area contributed by atoms with E-state index in [2.05, 4.69) is 16.5 Å². The number of alkyl halides is 1. The largest absolute Gasteiger partial charge is 0.324 e. The van der Waals surface area contributed by atoms with Crippen molar-refractivity contribution in [3.05, 3.63) is 28.0 Å². The molecule has 1 fully saturated rings. The van der Waals surface area contributed by atoms with E-state index in [0.29, 0.717) is 27.9 Å². The highest BCUT2D eigenvalue weighted by atomic mass is 35.5. The third kappa shape index (κ3) is 2.78. The van der Waals surface area contributed by atoms with Gasteiger partial charge in [-0.1, -0.05) is 49.4 Å². The predicted octanol–water partition coefficient (Wildman–Crippen LogP) is 6.22. The van der Waals surface area contributed by atoms with Crippen LogP contribution in [0.15, 0.2) is 12.1 Å². The van der Waals surface area contributed by atoms with E-state index < -0.39 is 0 Å². The summed E-state index contributed by atoms with van der Waals surface area (Å²) in [6.45, 7) is 2.27. The first-order valence-corrected chi connectivity index (χ1v) is 8.86. The lowest BCUT2D eigenvalue weighted by Gasteiger charge is -2.33. The van der Waals surface area contributed by atoms with Gasteiger partial charge >= 0.3 is 0 Å². The smallest absolute Gasteiger partial charge is 0.125 e. The molecule has 0 saturated heterocycles. The summed E-state index contributed by atoms with van der Waals surface area (Å²) in [5.41, 5.74) is 1.95. The van der Waals surface area contributed by atoms with Crippen LogP contribution in [0.5, 0.6) is 0 Å². The van der Waals surface area contributed by atoms with E-state index >= 15 is 0 Å². The van der Waals surface area contributed by atoms with Crippen molar-refractivity contribution in [3.8, 4) is 0 Å². The van der Waals surface area contributed by atoms with Crippen molar-refractivity contribution in [3.63, 3.8) is 0 Å². The predicted molar refractivity (Wildman–Crippen MR) is 90.6 cm³/mol. The van der Waals surface area contributed by atoms with Crippen LogP contribution in [-0.4, -0.2) is 9.55 Å². The molecule has 1 aliphatic carbocycles. The van der Waals surface area contributed by atoms with Gasteiger partial charge in [0.15, 0.2) is 0 Å². The zero-order valence-electron chi connectivity index (χ0n) is 12.1. The van der Waals surface area contributed by atoms with Gasteiger partial charge in [-0.2, -0.15) is 0 Å². The molecule has 2 atom stereocenters. The zero-order chi connectivity index (χ0) is 15.0. The first-order chi connectivity index (χ1) is 10.2. The number of fused-ring (bicyclic) bond motifs is 1. The fourth-order valence-corrected chi connectivity index (χ4v) is 4.11. The van der Waals surface area contributed by atoms with E-state index in [1.54, 1.807) is 0 Å². The number of rotatable bonds is 3. The average molecular weight is 346 g/mol. The topological polar surface area (TPSA) is 17.8 Å². The summed E-state index contributed by atoms with van der Waals surface area (Å²) < 4.78 is 2.32. The second kappa shape index (κ2) is 6.36. The van der Waals surface area contributed by atoms with Crippen LogP contribution in [0.1, 0.15) is 50.9 Å². The van der Waals surface area contributed by atoms with Gasteiger partial charge in [0.2, 0.25) is 0 Å². The molecule has 0 radical (unpaired) electrons. The maximum Gasteiger partial charge on any atom is 0.125 e. The van der Waals surface area contributed by atoms with Gasteiger partial charge in [-0.25, -0.2) is 4.98 Å². The Morgan fingerprint density at radius 1 is 1.19 bits per heavy atom. The molecule has 2 unspecified atom stereocenters. The van der Waals surface area contributed by atoms with Crippen LogP contribution < -0.4 is 0 Å². The third-order valence-corrected chi connectivity index (χ3v) is 5.61. The molecule has 21 heavy (non-hydrogen) atoms. The lowest BCUT2D eigenvalue weighted by atomic mass is 9.82. The molecule has 1 aromatic carbocycles. The molecule has 0 bridgehead atoms. The summed E-state index contributed by atoms with van der Waals surface area (Å²) in [6, 6.07) is 4.25. The molecular formula is C16H19Cl3N2. The van der Waals surface area contributed by atoms with Crippen molar-refractivity contribution in [2.45, 2.75) is 50.9 Å². The van der Waals surface area contributed by atoms with Crippen molar-refractivity contribution in [2.75, 3.05) is 0 Å². The van der Waals surface area contributed by atoms with Crippen molar-refractivity contribution >= 4 is 45.8 Å². The van der Waals surface area contributed by atoms with Crippen LogP contribution in [0.25, 0.3) is 11.0 Å². The Balaban J connectivity index is 2.17. The minimum atomic E-state index is 0.414. The number of hydrogen-bond acceptors (Lipinski definition) is 1. The van der Waals surface area contributed by atoms with Gasteiger partial charge in [0.05, 0.1) is 27.0 Å². The van der Waals surface area contributed by atoms with Gasteiger partial charge in [-0.15, -0.1) is 11.6 Å². The molecule has 1 aliphatic rings. The molecule has 1 aromatic heterocycles. The third-order valence-electron chi connectivity index (χ3n) is 4.65. The Morgan fingerprint density at radius 2 is 1.90 bits per heavy atom. The molecule has 0 aliphatic heterocycles. The van der Waals surface area contributed by atoms with Crippen molar-refractivity contribution in [1.29, 1.82) is 0 Å². The van der Waals surface area contributed by atoms with Gasteiger partial charge in [0.1, 0.15) is 5.82 Å². The minimum Gasteiger partial charge on any atom is -0.324 e. The number of hydrogen-bond donors (Lipinski definition) is 0. The molecule has 2 nitrogen and oxygen atoms in total. The average Bonchev–Trinajstić information content (AvgIpc) is 2.85. The molecular weight excluding hydrogens is 327 g/mol. The summed E-state index contributed by atoms with van der Waals surface area (Å²) in [5.74, 6) is 2.03. The number of benzene rings is 1. The lowest BCUT2D eigenvalue weighted by molar-refractivity contribution is 0.234. The Bertz CT molecular complexity index is 650. The zero-order valence-corrected chi connectivity index (χ0v) is 14.3. The Kier molecular flexibility index (Phi) is 4.68. The summed E-state index contributed by atoms with van der Waals surface area (Å²) in [7, 11) is 0. The number of halogens is 3. The van der Waals surface area contributed by atoms with Crippen LogP contribution in [0.4, 0.5) is 0 Å². The van der Waals surface area contributed by atoms with Gasteiger partial charge in [0.25, 0.3) is 0 Å². The Labute approximate surface area is 140 Å². The molecule has 0 N–H and O–H groups in total. The van der Waals surface area contributed by atoms with Crippen LogP contribution in [0.3, 0.4) is 0 Å². The molecule has 2 aromatic rings. The molecule has 0 amide bonds. The van der Waals surface area contributed by atoms with Crippen molar-refractivity contribution < 1.29 is 0 Å². The van der Waals surface area contributed by atoms with E-state index in [0.717, 1.165) is 16.9 Å². The fourth-order valence-electron chi connectivity index (χ4n) is 3.61. The van der Waals surface area contributed by atoms with Gasteiger partial charge < -0.3 is 4.57 Å². The minimum absolute atomic E-state index is 0.414. The van der Waals surface area contributed by atoms with Crippen LogP contribution >= 0.6 is 34.8 Å². The Morgan fingerprint density at radius 3 is 2.62 bits per heavy atom. The molecule has 114 valence electrons. The lowest BCUT2D eigenvalue weighted by Crippen LogP contribution is -2.24. The van der Waals surface area contributed by atoms with E-state index in [1.807, 2.05) is 12.1 Å². The SMILES string of the molecule is CCC1CCCCC1n1c(CCl)nc2cc(Cl)c(Cl)cc21. The van der Waals surface area contributed by atoms with Crippen LogP contribution in [0, 0.1) is 5.92 Å². The quantitative estimate of drug-likeness (QED) is 0.603. The highest BCUT2D eigenvalue weighted by molar-refractivity contribution is 6.42. The molecule has 3 rings (SSSR count). The normalized spacial score (nSPS) is 22.9. The van der Waals surface area contributed by atoms with E-state index in [1.165, 1.54) is 32.1 Å².